The van der Waals surface area contributed by atoms with E-state index in [9.17, 15) is 4.39 Å². The molecule has 4 nitrogen and oxygen atoms in total. The fourth-order valence-corrected chi connectivity index (χ4v) is 2.58. The normalized spacial score (nSPS) is 12.7. The molecule has 1 heterocycles. The van der Waals surface area contributed by atoms with E-state index in [1.54, 1.807) is 10.7 Å². The molecular formula is C13H15BrClFN4. The predicted octanol–water partition coefficient (Wildman–Crippen LogP) is 3.03. The number of nitrogens with zero attached hydrogens (tertiary/aromatic N) is 2. The number of hydrogen-bond acceptors (Lipinski definition) is 3. The van der Waals surface area contributed by atoms with Crippen LogP contribution in [0.2, 0.25) is 5.02 Å². The van der Waals surface area contributed by atoms with Crippen LogP contribution in [0.15, 0.2) is 22.7 Å². The molecule has 0 amide bonds. The van der Waals surface area contributed by atoms with Crippen LogP contribution >= 0.6 is 27.5 Å². The number of hydrogen-bond donors (Lipinski definition) is 2. The minimum absolute atomic E-state index is 0.245. The summed E-state index contributed by atoms with van der Waals surface area (Å²) in [6.45, 7) is 1.84. The van der Waals surface area contributed by atoms with Crippen LogP contribution in [-0.2, 0) is 13.5 Å². The van der Waals surface area contributed by atoms with Crippen molar-refractivity contribution in [2.75, 3.05) is 0 Å². The van der Waals surface area contributed by atoms with Gasteiger partial charge in [-0.1, -0.05) is 17.7 Å². The van der Waals surface area contributed by atoms with E-state index >= 15 is 0 Å². The number of benzene rings is 1. The van der Waals surface area contributed by atoms with Gasteiger partial charge in [0.2, 0.25) is 0 Å². The minimum Gasteiger partial charge on any atom is -0.271 e. The molecule has 1 unspecified atom stereocenters. The molecule has 1 aromatic carbocycles. The monoisotopic (exact) mass is 360 g/mol. The van der Waals surface area contributed by atoms with Crippen molar-refractivity contribution in [3.8, 4) is 0 Å². The van der Waals surface area contributed by atoms with E-state index in [1.807, 2.05) is 20.0 Å². The molecule has 0 fully saturated rings. The summed E-state index contributed by atoms with van der Waals surface area (Å²) in [5.74, 6) is 5.27. The number of nitrogens with one attached hydrogen (secondary N) is 1. The first-order valence-electron chi connectivity index (χ1n) is 6.03. The van der Waals surface area contributed by atoms with Gasteiger partial charge in [-0.15, -0.1) is 0 Å². The Labute approximate surface area is 130 Å². The van der Waals surface area contributed by atoms with Crippen molar-refractivity contribution < 1.29 is 4.39 Å². The van der Waals surface area contributed by atoms with Crippen molar-refractivity contribution in [2.45, 2.75) is 19.4 Å². The van der Waals surface area contributed by atoms with Gasteiger partial charge in [-0.05, 0) is 40.5 Å². The highest BCUT2D eigenvalue weighted by atomic mass is 79.9. The van der Waals surface area contributed by atoms with Crippen molar-refractivity contribution >= 4 is 27.5 Å². The molecule has 0 spiro atoms. The highest BCUT2D eigenvalue weighted by Gasteiger charge is 2.18. The highest BCUT2D eigenvalue weighted by Crippen LogP contribution is 2.27. The van der Waals surface area contributed by atoms with E-state index in [2.05, 4.69) is 26.5 Å². The maximum atomic E-state index is 13.6. The second-order valence-corrected chi connectivity index (χ2v) is 5.80. The summed E-state index contributed by atoms with van der Waals surface area (Å²) in [5, 5.41) is 4.87. The van der Waals surface area contributed by atoms with Crippen LogP contribution in [0.25, 0.3) is 0 Å². The van der Waals surface area contributed by atoms with Crippen LogP contribution in [0.4, 0.5) is 4.39 Å². The first-order valence-corrected chi connectivity index (χ1v) is 7.20. The van der Waals surface area contributed by atoms with E-state index < -0.39 is 0 Å². The second kappa shape index (κ2) is 6.22. The first kappa shape index (κ1) is 15.4. The van der Waals surface area contributed by atoms with Gasteiger partial charge in [0.1, 0.15) is 5.82 Å². The molecule has 1 aromatic heterocycles. The average Bonchev–Trinajstić information content (AvgIpc) is 2.65. The quantitative estimate of drug-likeness (QED) is 0.650. The van der Waals surface area contributed by atoms with Gasteiger partial charge in [0, 0.05) is 13.5 Å². The van der Waals surface area contributed by atoms with E-state index in [1.165, 1.54) is 6.07 Å². The van der Waals surface area contributed by atoms with Gasteiger partial charge in [-0.2, -0.15) is 5.10 Å². The van der Waals surface area contributed by atoms with Crippen LogP contribution in [0.1, 0.15) is 23.0 Å². The van der Waals surface area contributed by atoms with Crippen molar-refractivity contribution in [2.24, 2.45) is 12.9 Å². The minimum atomic E-state index is -0.324. The molecule has 2 aromatic rings. The van der Waals surface area contributed by atoms with E-state index in [0.29, 0.717) is 15.9 Å². The van der Waals surface area contributed by atoms with E-state index in [-0.39, 0.29) is 11.9 Å². The Kier molecular flexibility index (Phi) is 4.80. The summed E-state index contributed by atoms with van der Waals surface area (Å²) in [6.07, 6.45) is 0.522. The van der Waals surface area contributed by atoms with Gasteiger partial charge in [0.15, 0.2) is 0 Å². The molecule has 0 aliphatic heterocycles. The Hall–Kier alpha value is -0.950. The molecule has 20 heavy (non-hydrogen) atoms. The lowest BCUT2D eigenvalue weighted by Crippen LogP contribution is -2.30. The first-order chi connectivity index (χ1) is 9.43. The molecule has 0 saturated carbocycles. The fourth-order valence-electron chi connectivity index (χ4n) is 2.10. The lowest BCUT2D eigenvalue weighted by Gasteiger charge is -2.17. The predicted molar refractivity (Wildman–Crippen MR) is 80.8 cm³/mol. The Balaban J connectivity index is 2.31. The lowest BCUT2D eigenvalue weighted by atomic mass is 10.0. The number of hydrazine groups is 1. The number of halogens is 3. The van der Waals surface area contributed by atoms with Gasteiger partial charge in [0.05, 0.1) is 26.9 Å². The number of nitrogens with two attached hydrogens (primary N) is 1. The van der Waals surface area contributed by atoms with E-state index in [4.69, 9.17) is 17.4 Å². The molecule has 0 aliphatic carbocycles. The maximum absolute atomic E-state index is 13.6. The third-order valence-corrected chi connectivity index (χ3v) is 4.34. The molecule has 0 aliphatic rings. The zero-order valence-electron chi connectivity index (χ0n) is 11.1. The van der Waals surface area contributed by atoms with Gasteiger partial charge in [0.25, 0.3) is 0 Å². The summed E-state index contributed by atoms with van der Waals surface area (Å²) >= 11 is 9.36. The van der Waals surface area contributed by atoms with Crippen LogP contribution in [0, 0.1) is 12.7 Å². The maximum Gasteiger partial charge on any atom is 0.137 e. The van der Waals surface area contributed by atoms with Crippen LogP contribution < -0.4 is 11.3 Å². The van der Waals surface area contributed by atoms with E-state index in [0.717, 1.165) is 17.0 Å². The standard InChI is InChI=1S/C13H15BrClFN4/c1-7-13(15)12(20(2)19-7)6-11(18-17)8-3-4-9(14)10(16)5-8/h3-5,11,18H,6,17H2,1-2H3. The molecule has 108 valence electrons. The molecule has 2 rings (SSSR count). The van der Waals surface area contributed by atoms with Crippen LogP contribution in [-0.4, -0.2) is 9.78 Å². The fraction of sp³-hybridized carbons (Fsp3) is 0.308. The molecule has 0 radical (unpaired) electrons. The molecule has 1 atom stereocenters. The van der Waals surface area contributed by atoms with Gasteiger partial charge in [-0.25, -0.2) is 4.39 Å². The zero-order chi connectivity index (χ0) is 14.9. The SMILES string of the molecule is Cc1nn(C)c(CC(NN)c2ccc(Br)c(F)c2)c1Cl. The summed E-state index contributed by atoms with van der Waals surface area (Å²) < 4.78 is 15.8. The Morgan fingerprint density at radius 1 is 1.55 bits per heavy atom. The largest absolute Gasteiger partial charge is 0.271 e. The number of aromatic nitrogens is 2. The van der Waals surface area contributed by atoms with Crippen molar-refractivity contribution in [3.63, 3.8) is 0 Å². The summed E-state index contributed by atoms with van der Waals surface area (Å²) in [6, 6.07) is 4.68. The highest BCUT2D eigenvalue weighted by molar-refractivity contribution is 9.10. The summed E-state index contributed by atoms with van der Waals surface area (Å²) in [4.78, 5) is 0. The molecule has 0 bridgehead atoms. The van der Waals surface area contributed by atoms with Crippen molar-refractivity contribution in [1.82, 2.24) is 15.2 Å². The van der Waals surface area contributed by atoms with Crippen molar-refractivity contribution in [1.29, 1.82) is 0 Å². The molecule has 0 saturated heterocycles. The summed E-state index contributed by atoms with van der Waals surface area (Å²) in [7, 11) is 1.82. The van der Waals surface area contributed by atoms with Gasteiger partial charge >= 0.3 is 0 Å². The summed E-state index contributed by atoms with van der Waals surface area (Å²) in [5.41, 5.74) is 5.07. The van der Waals surface area contributed by atoms with Gasteiger partial charge < -0.3 is 0 Å². The van der Waals surface area contributed by atoms with Crippen LogP contribution in [0.5, 0.6) is 0 Å². The number of rotatable bonds is 4. The Bertz CT molecular complexity index is 629. The van der Waals surface area contributed by atoms with Crippen molar-refractivity contribution in [3.05, 3.63) is 50.5 Å². The average molecular weight is 362 g/mol. The third kappa shape index (κ3) is 3.03. The smallest absolute Gasteiger partial charge is 0.137 e. The molecule has 7 heteroatoms. The zero-order valence-corrected chi connectivity index (χ0v) is 13.5. The lowest BCUT2D eigenvalue weighted by molar-refractivity contribution is 0.524. The Morgan fingerprint density at radius 2 is 2.25 bits per heavy atom. The van der Waals surface area contributed by atoms with Gasteiger partial charge in [-0.3, -0.25) is 16.0 Å². The molecular weight excluding hydrogens is 347 g/mol. The second-order valence-electron chi connectivity index (χ2n) is 4.57. The Morgan fingerprint density at radius 3 is 2.75 bits per heavy atom. The molecule has 3 N–H and O–H groups in total. The topological polar surface area (TPSA) is 55.9 Å². The van der Waals surface area contributed by atoms with Crippen LogP contribution in [0.3, 0.4) is 0 Å². The number of aryl methyl sites for hydroxylation is 2. The third-order valence-electron chi connectivity index (χ3n) is 3.21.